The van der Waals surface area contributed by atoms with Crippen molar-refractivity contribution in [3.05, 3.63) is 0 Å². The highest BCUT2D eigenvalue weighted by molar-refractivity contribution is 5.83. The number of piperidine rings is 1. The summed E-state index contributed by atoms with van der Waals surface area (Å²) >= 11 is 0. The number of ketones is 1. The molecule has 12 heavy (non-hydrogen) atoms. The number of likely N-dealkylation sites (tertiary alicyclic amines) is 1. The Morgan fingerprint density at radius 3 is 3.08 bits per heavy atom. The molecule has 1 rings (SSSR count). The molecule has 0 N–H and O–H groups in total. The molecule has 0 amide bonds. The van der Waals surface area contributed by atoms with Crippen LogP contribution in [-0.4, -0.2) is 30.8 Å². The summed E-state index contributed by atoms with van der Waals surface area (Å²) in [5.74, 6) is 0.229. The molecule has 1 heterocycles. The van der Waals surface area contributed by atoms with E-state index >= 15 is 0 Å². The van der Waals surface area contributed by atoms with Crippen LogP contribution in [0.1, 0.15) is 19.3 Å². The summed E-state index contributed by atoms with van der Waals surface area (Å²) < 4.78 is 0. The van der Waals surface area contributed by atoms with E-state index in [2.05, 4.69) is 4.90 Å². The van der Waals surface area contributed by atoms with Crippen molar-refractivity contribution in [3.63, 3.8) is 0 Å². The van der Waals surface area contributed by atoms with E-state index in [1.54, 1.807) is 0 Å². The van der Waals surface area contributed by atoms with Crippen LogP contribution in [0.2, 0.25) is 0 Å². The number of carbonyl (C=O) groups excluding carboxylic acids is 1. The molecule has 0 radical (unpaired) electrons. The Balaban J connectivity index is 2.41. The van der Waals surface area contributed by atoms with Gasteiger partial charge in [0.15, 0.2) is 5.78 Å². The van der Waals surface area contributed by atoms with Gasteiger partial charge in [-0.05, 0) is 26.4 Å². The standard InChI is InChI=1S/C9H14N2O/c1-11-6-2-3-8(7-11)9(12)4-5-10/h8H,2-4,6-7H2,1H3. The van der Waals surface area contributed by atoms with E-state index in [-0.39, 0.29) is 18.1 Å². The molecule has 3 nitrogen and oxygen atoms in total. The molecule has 1 fully saturated rings. The largest absolute Gasteiger partial charge is 0.306 e. The number of carbonyl (C=O) groups is 1. The highest BCUT2D eigenvalue weighted by Crippen LogP contribution is 2.16. The van der Waals surface area contributed by atoms with Gasteiger partial charge in [-0.2, -0.15) is 5.26 Å². The molecule has 3 heteroatoms. The number of hydrogen-bond donors (Lipinski definition) is 0. The van der Waals surface area contributed by atoms with E-state index in [0.29, 0.717) is 0 Å². The van der Waals surface area contributed by atoms with Gasteiger partial charge in [0, 0.05) is 12.5 Å². The number of rotatable bonds is 2. The van der Waals surface area contributed by atoms with Crippen molar-refractivity contribution in [1.29, 1.82) is 5.26 Å². The fourth-order valence-corrected chi connectivity index (χ4v) is 1.65. The molecule has 1 aliphatic heterocycles. The molecule has 66 valence electrons. The average molecular weight is 166 g/mol. The fraction of sp³-hybridized carbons (Fsp3) is 0.778. The first-order chi connectivity index (χ1) is 5.74. The quantitative estimate of drug-likeness (QED) is 0.609. The number of Topliss-reactive ketones (excluding diaryl/α,β-unsaturated/α-hetero) is 1. The molecule has 1 atom stereocenters. The second-order valence-corrected chi connectivity index (χ2v) is 3.40. The van der Waals surface area contributed by atoms with Crippen LogP contribution in [0.3, 0.4) is 0 Å². The zero-order chi connectivity index (χ0) is 8.97. The third-order valence-electron chi connectivity index (χ3n) is 2.33. The second kappa shape index (κ2) is 4.22. The second-order valence-electron chi connectivity index (χ2n) is 3.40. The highest BCUT2D eigenvalue weighted by Gasteiger charge is 2.22. The predicted molar refractivity (Wildman–Crippen MR) is 45.5 cm³/mol. The van der Waals surface area contributed by atoms with Crippen LogP contribution in [0.4, 0.5) is 0 Å². The fourth-order valence-electron chi connectivity index (χ4n) is 1.65. The molecule has 1 saturated heterocycles. The Kier molecular flexibility index (Phi) is 3.24. The van der Waals surface area contributed by atoms with Crippen LogP contribution in [0.25, 0.3) is 0 Å². The van der Waals surface area contributed by atoms with Gasteiger partial charge in [-0.15, -0.1) is 0 Å². The van der Waals surface area contributed by atoms with Gasteiger partial charge in [0.1, 0.15) is 0 Å². The highest BCUT2D eigenvalue weighted by atomic mass is 16.1. The van der Waals surface area contributed by atoms with Gasteiger partial charge in [0.2, 0.25) is 0 Å². The SMILES string of the molecule is CN1CCCC(C(=O)CC#N)C1. The lowest BCUT2D eigenvalue weighted by Crippen LogP contribution is -2.35. The maximum Gasteiger partial charge on any atom is 0.151 e. The van der Waals surface area contributed by atoms with Crippen LogP contribution in [-0.2, 0) is 4.79 Å². The first-order valence-corrected chi connectivity index (χ1v) is 4.32. The van der Waals surface area contributed by atoms with Crippen LogP contribution < -0.4 is 0 Å². The summed E-state index contributed by atoms with van der Waals surface area (Å²) in [4.78, 5) is 13.5. The maximum absolute atomic E-state index is 11.3. The molecule has 0 aromatic carbocycles. The molecule has 1 unspecified atom stereocenters. The summed E-state index contributed by atoms with van der Waals surface area (Å²) in [6.45, 7) is 1.91. The van der Waals surface area contributed by atoms with Gasteiger partial charge in [0.05, 0.1) is 12.5 Å². The average Bonchev–Trinajstić information content (AvgIpc) is 2.05. The summed E-state index contributed by atoms with van der Waals surface area (Å²) in [7, 11) is 2.02. The maximum atomic E-state index is 11.3. The Morgan fingerprint density at radius 2 is 2.50 bits per heavy atom. The van der Waals surface area contributed by atoms with Gasteiger partial charge < -0.3 is 4.90 Å². The Bertz CT molecular complexity index is 207. The van der Waals surface area contributed by atoms with Gasteiger partial charge in [-0.3, -0.25) is 4.79 Å². The number of nitrogens with zero attached hydrogens (tertiary/aromatic N) is 2. The van der Waals surface area contributed by atoms with Crippen molar-refractivity contribution in [2.24, 2.45) is 5.92 Å². The van der Waals surface area contributed by atoms with Crippen LogP contribution >= 0.6 is 0 Å². The van der Waals surface area contributed by atoms with Crippen LogP contribution in [0.15, 0.2) is 0 Å². The van der Waals surface area contributed by atoms with E-state index < -0.39 is 0 Å². The van der Waals surface area contributed by atoms with Crippen molar-refractivity contribution in [1.82, 2.24) is 4.90 Å². The Labute approximate surface area is 73.0 Å². The lowest BCUT2D eigenvalue weighted by Gasteiger charge is -2.28. The van der Waals surface area contributed by atoms with Gasteiger partial charge in [-0.1, -0.05) is 0 Å². The Morgan fingerprint density at radius 1 is 1.75 bits per heavy atom. The molecule has 0 aromatic heterocycles. The lowest BCUT2D eigenvalue weighted by molar-refractivity contribution is -0.123. The zero-order valence-corrected chi connectivity index (χ0v) is 7.42. The third kappa shape index (κ3) is 2.31. The molecule has 0 bridgehead atoms. The van der Waals surface area contributed by atoms with Crippen molar-refractivity contribution in [2.45, 2.75) is 19.3 Å². The minimum absolute atomic E-state index is 0.0819. The molecule has 0 aliphatic carbocycles. The molecular weight excluding hydrogens is 152 g/mol. The summed E-state index contributed by atoms with van der Waals surface area (Å²) in [5, 5.41) is 8.35. The number of hydrogen-bond acceptors (Lipinski definition) is 3. The minimum Gasteiger partial charge on any atom is -0.306 e. The molecule has 0 aromatic rings. The van der Waals surface area contributed by atoms with Crippen molar-refractivity contribution in [3.8, 4) is 6.07 Å². The monoisotopic (exact) mass is 166 g/mol. The van der Waals surface area contributed by atoms with E-state index in [1.165, 1.54) is 0 Å². The zero-order valence-electron chi connectivity index (χ0n) is 7.42. The first-order valence-electron chi connectivity index (χ1n) is 4.32. The molecule has 0 spiro atoms. The summed E-state index contributed by atoms with van der Waals surface area (Å²) in [6.07, 6.45) is 2.13. The van der Waals surface area contributed by atoms with Crippen molar-refractivity contribution >= 4 is 5.78 Å². The van der Waals surface area contributed by atoms with E-state index in [4.69, 9.17) is 5.26 Å². The van der Waals surface area contributed by atoms with Crippen LogP contribution in [0, 0.1) is 17.2 Å². The topological polar surface area (TPSA) is 44.1 Å². The van der Waals surface area contributed by atoms with E-state index in [9.17, 15) is 4.79 Å². The van der Waals surface area contributed by atoms with Gasteiger partial charge >= 0.3 is 0 Å². The smallest absolute Gasteiger partial charge is 0.151 e. The predicted octanol–water partition coefficient (Wildman–Crippen LogP) is 0.811. The minimum atomic E-state index is 0.0819. The van der Waals surface area contributed by atoms with Crippen molar-refractivity contribution in [2.75, 3.05) is 20.1 Å². The normalized spacial score (nSPS) is 24.8. The Hall–Kier alpha value is -0.880. The number of nitriles is 1. The molecule has 1 aliphatic rings. The molecular formula is C9H14N2O. The van der Waals surface area contributed by atoms with Gasteiger partial charge in [0.25, 0.3) is 0 Å². The van der Waals surface area contributed by atoms with Gasteiger partial charge in [-0.25, -0.2) is 0 Å². The lowest BCUT2D eigenvalue weighted by atomic mass is 9.93. The molecule has 0 saturated carbocycles. The summed E-state index contributed by atoms with van der Waals surface area (Å²) in [5.41, 5.74) is 0. The summed E-state index contributed by atoms with van der Waals surface area (Å²) in [6, 6.07) is 1.91. The first kappa shape index (κ1) is 9.21. The van der Waals surface area contributed by atoms with E-state index in [0.717, 1.165) is 25.9 Å². The van der Waals surface area contributed by atoms with E-state index in [1.807, 2.05) is 13.1 Å². The third-order valence-corrected chi connectivity index (χ3v) is 2.33. The van der Waals surface area contributed by atoms with Crippen molar-refractivity contribution < 1.29 is 4.79 Å². The van der Waals surface area contributed by atoms with Crippen LogP contribution in [0.5, 0.6) is 0 Å².